The quantitative estimate of drug-likeness (QED) is 0.0937. The fourth-order valence-electron chi connectivity index (χ4n) is 9.24. The van der Waals surface area contributed by atoms with Gasteiger partial charge in [0, 0.05) is 40.3 Å². The van der Waals surface area contributed by atoms with Gasteiger partial charge in [0.1, 0.15) is 71.1 Å². The molecule has 5 heterocycles. The zero-order chi connectivity index (χ0) is 52.9. The zero-order valence-corrected chi connectivity index (χ0v) is 37.4. The molecule has 3 aliphatic rings. The number of aromatic hydroxyl groups is 8. The number of phenols is 6. The molecule has 388 valence electrons. The van der Waals surface area contributed by atoms with Gasteiger partial charge in [-0.3, -0.25) is 9.59 Å². The van der Waals surface area contributed by atoms with Gasteiger partial charge >= 0.3 is 0 Å². The molecular weight excluding hydrogens is 989 g/mol. The summed E-state index contributed by atoms with van der Waals surface area (Å²) in [5.74, 6) is -12.2. The summed E-state index contributed by atoms with van der Waals surface area (Å²) in [5.41, 5.74) is -4.26. The van der Waals surface area contributed by atoms with E-state index in [1.807, 2.05) is 0 Å². The van der Waals surface area contributed by atoms with E-state index in [2.05, 4.69) is 0 Å². The lowest BCUT2D eigenvalue weighted by molar-refractivity contribution is -0.277. The summed E-state index contributed by atoms with van der Waals surface area (Å²) in [6.45, 7) is -1.73. The Hall–Kier alpha value is -8.08. The Morgan fingerprint density at radius 2 is 0.878 bits per heavy atom. The summed E-state index contributed by atoms with van der Waals surface area (Å²) >= 11 is 0. The summed E-state index contributed by atoms with van der Waals surface area (Å²) in [6, 6.07) is 14.0. The monoisotopic (exact) mass is 1030 g/mol. The fraction of sp³-hybridized carbons (Fsp3) is 0.265. The molecule has 16 N–H and O–H groups in total. The first-order valence-electron chi connectivity index (χ1n) is 22.1. The second-order valence-corrected chi connectivity index (χ2v) is 17.5. The maximum Gasteiger partial charge on any atom is 0.238 e. The van der Waals surface area contributed by atoms with E-state index in [1.165, 1.54) is 12.1 Å². The van der Waals surface area contributed by atoms with Gasteiger partial charge in [-0.1, -0.05) is 30.3 Å². The van der Waals surface area contributed by atoms with E-state index in [9.17, 15) is 91.3 Å². The van der Waals surface area contributed by atoms with Crippen molar-refractivity contribution in [3.63, 3.8) is 0 Å². The molecule has 3 aliphatic heterocycles. The van der Waals surface area contributed by atoms with Crippen LogP contribution in [0.5, 0.6) is 69.0 Å². The average molecular weight is 1030 g/mol. The van der Waals surface area contributed by atoms with Crippen molar-refractivity contribution >= 4 is 21.9 Å². The van der Waals surface area contributed by atoms with Crippen LogP contribution in [-0.4, -0.2) is 156 Å². The molecule has 0 spiro atoms. The Morgan fingerprint density at radius 3 is 1.27 bits per heavy atom. The summed E-state index contributed by atoms with van der Waals surface area (Å²) in [6.07, 6.45) is -18.5. The first kappa shape index (κ1) is 49.5. The lowest BCUT2D eigenvalue weighted by atomic mass is 9.80. The lowest BCUT2D eigenvalue weighted by Crippen LogP contribution is -2.60. The third kappa shape index (κ3) is 7.82. The van der Waals surface area contributed by atoms with Gasteiger partial charge in [0.15, 0.2) is 57.2 Å². The molecule has 0 radical (unpaired) electrons. The van der Waals surface area contributed by atoms with Gasteiger partial charge in [0.25, 0.3) is 0 Å². The van der Waals surface area contributed by atoms with Gasteiger partial charge in [-0.25, -0.2) is 0 Å². The van der Waals surface area contributed by atoms with Crippen LogP contribution in [0.15, 0.2) is 85.2 Å². The SMILES string of the molecule is O=c1c(O)c(-c2cc(O)c3c(c2)C(c2ccccc2)c2cc(-c4oc5c(O[C@@H]6O[C@H](CO)[C@@H](O)[C@H](O)[C@H]6O)c(O)cc(O)c5c(=O)c4O)cc(O)c2O3)oc2c(O[C@@H]3O[C@H](CO)[C@@H](O)[C@H](O)[C@H]3O)c(O)cc(O)c12. The lowest BCUT2D eigenvalue weighted by Gasteiger charge is -2.39. The Morgan fingerprint density at radius 1 is 0.473 bits per heavy atom. The minimum absolute atomic E-state index is 0.0307. The van der Waals surface area contributed by atoms with E-state index in [1.54, 1.807) is 30.3 Å². The molecule has 74 heavy (non-hydrogen) atoms. The Bertz CT molecular complexity index is 3290. The molecule has 0 bridgehead atoms. The van der Waals surface area contributed by atoms with Crippen molar-refractivity contribution in [1.29, 1.82) is 0 Å². The molecule has 5 aromatic carbocycles. The Labute approximate surface area is 411 Å². The van der Waals surface area contributed by atoms with Crippen molar-refractivity contribution in [2.24, 2.45) is 0 Å². The van der Waals surface area contributed by atoms with Crippen LogP contribution in [-0.2, 0) is 9.47 Å². The highest BCUT2D eigenvalue weighted by atomic mass is 16.7. The summed E-state index contributed by atoms with van der Waals surface area (Å²) in [7, 11) is 0. The van der Waals surface area contributed by atoms with Crippen LogP contribution in [0, 0.1) is 0 Å². The summed E-state index contributed by atoms with van der Waals surface area (Å²) < 4.78 is 40.2. The molecule has 0 amide bonds. The predicted octanol–water partition coefficient (Wildman–Crippen LogP) is 0.522. The minimum atomic E-state index is -2.03. The van der Waals surface area contributed by atoms with E-state index >= 15 is 0 Å². The smallest absolute Gasteiger partial charge is 0.238 e. The predicted molar refractivity (Wildman–Crippen MR) is 245 cm³/mol. The van der Waals surface area contributed by atoms with Crippen molar-refractivity contribution < 1.29 is 114 Å². The van der Waals surface area contributed by atoms with Crippen molar-refractivity contribution in [3.8, 4) is 91.6 Å². The van der Waals surface area contributed by atoms with E-state index < -0.39 is 182 Å². The molecule has 25 heteroatoms. The first-order chi connectivity index (χ1) is 35.2. The van der Waals surface area contributed by atoms with Gasteiger partial charge in [-0.05, 0) is 29.8 Å². The van der Waals surface area contributed by atoms with Crippen LogP contribution in [0.1, 0.15) is 22.6 Å². The highest BCUT2D eigenvalue weighted by Crippen LogP contribution is 2.57. The van der Waals surface area contributed by atoms with Gasteiger partial charge in [0.2, 0.25) is 46.4 Å². The molecule has 2 saturated heterocycles. The van der Waals surface area contributed by atoms with Crippen molar-refractivity contribution in [1.82, 2.24) is 0 Å². The highest BCUT2D eigenvalue weighted by molar-refractivity contribution is 5.95. The van der Waals surface area contributed by atoms with Crippen molar-refractivity contribution in [2.75, 3.05) is 13.2 Å². The number of rotatable bonds is 9. The van der Waals surface area contributed by atoms with E-state index in [4.69, 9.17) is 32.5 Å². The number of hydrogen-bond donors (Lipinski definition) is 16. The number of phenolic OH excluding ortho intramolecular Hbond substituents is 6. The highest BCUT2D eigenvalue weighted by Gasteiger charge is 2.47. The average Bonchev–Trinajstić information content (AvgIpc) is 3.37. The third-order valence-electron chi connectivity index (χ3n) is 13.0. The van der Waals surface area contributed by atoms with Crippen molar-refractivity contribution in [3.05, 3.63) is 104 Å². The van der Waals surface area contributed by atoms with E-state index in [0.717, 1.165) is 12.1 Å². The third-order valence-corrected chi connectivity index (χ3v) is 13.0. The Balaban J connectivity index is 1.12. The fourth-order valence-corrected chi connectivity index (χ4v) is 9.24. The van der Waals surface area contributed by atoms with Crippen LogP contribution >= 0.6 is 0 Å². The van der Waals surface area contributed by atoms with Crippen LogP contribution in [0.25, 0.3) is 44.6 Å². The topological polar surface area (TPSA) is 430 Å². The largest absolute Gasteiger partial charge is 0.507 e. The molecular formula is C49H42O25. The first-order valence-corrected chi connectivity index (χ1v) is 22.1. The number of ether oxygens (including phenoxy) is 5. The Kier molecular flexibility index (Phi) is 12.3. The van der Waals surface area contributed by atoms with Gasteiger partial charge < -0.3 is 114 Å². The number of aliphatic hydroxyl groups is 8. The van der Waals surface area contributed by atoms with Gasteiger partial charge in [0.05, 0.1) is 13.2 Å². The molecule has 10 atom stereocenters. The summed E-state index contributed by atoms with van der Waals surface area (Å²) in [5, 5.41) is 170. The second kappa shape index (κ2) is 18.4. The molecule has 10 rings (SSSR count). The summed E-state index contributed by atoms with van der Waals surface area (Å²) in [4.78, 5) is 27.8. The number of hydrogen-bond acceptors (Lipinski definition) is 25. The molecule has 25 nitrogen and oxygen atoms in total. The van der Waals surface area contributed by atoms with Gasteiger partial charge in [-0.2, -0.15) is 0 Å². The van der Waals surface area contributed by atoms with E-state index in [0.29, 0.717) is 17.7 Å². The van der Waals surface area contributed by atoms with Crippen LogP contribution in [0.3, 0.4) is 0 Å². The normalized spacial score (nSPS) is 24.8. The molecule has 2 fully saturated rings. The van der Waals surface area contributed by atoms with Crippen molar-refractivity contribution in [2.45, 2.75) is 67.3 Å². The maximum atomic E-state index is 13.9. The molecule has 2 aromatic heterocycles. The minimum Gasteiger partial charge on any atom is -0.507 e. The molecule has 0 unspecified atom stereocenters. The molecule has 0 saturated carbocycles. The maximum absolute atomic E-state index is 13.9. The number of fused-ring (bicyclic) bond motifs is 4. The van der Waals surface area contributed by atoms with Gasteiger partial charge in [-0.15, -0.1) is 0 Å². The van der Waals surface area contributed by atoms with E-state index in [-0.39, 0.29) is 33.8 Å². The van der Waals surface area contributed by atoms with Crippen LogP contribution < -0.4 is 25.1 Å². The van der Waals surface area contributed by atoms with Crippen LogP contribution in [0.4, 0.5) is 0 Å². The standard InChI is InChI=1S/C49H42O25/c50-12-25-30(58)34(62)38(66)48(68-25)73-44-23(56)10-19(52)28-32(60)36(64)40(70-46(28)44)15-6-17-27(14-4-2-1-3-5-14)18-7-16(9-22(55)43(18)72-42(17)21(54)8-15)41-37(65)33(61)29-20(53)11-24(57)45(47(29)71-41)74-49-39(67)35(63)31(59)26(13-51)69-49/h1-11,25-27,30-31,34-35,38-39,48-59,62-67H,12-13H2/t25-,26-,30-,31-,34+,35+,38-,39-,48+,49+/m1/s1. The zero-order valence-electron chi connectivity index (χ0n) is 37.4. The molecule has 7 aromatic rings. The number of aliphatic hydroxyl groups excluding tert-OH is 8. The number of benzene rings is 5. The van der Waals surface area contributed by atoms with Crippen LogP contribution in [0.2, 0.25) is 0 Å². The molecule has 0 aliphatic carbocycles. The second-order valence-electron chi connectivity index (χ2n) is 17.5.